The molecule has 0 saturated heterocycles. The molecule has 0 spiro atoms. The van der Waals surface area contributed by atoms with Crippen LogP contribution < -0.4 is 0 Å². The molecule has 0 aromatic heterocycles. The molecule has 1 rings (SSSR count). The van der Waals surface area contributed by atoms with Crippen LogP contribution in [0.15, 0.2) is 30.3 Å². The molecular weight excluding hydrogens is 252 g/mol. The molecule has 0 amide bonds. The number of carbonyl (C=O) groups excluding carboxylic acids is 1. The summed E-state index contributed by atoms with van der Waals surface area (Å²) in [6, 6.07) is 9.87. The fourth-order valence-electron chi connectivity index (χ4n) is 1.85. The van der Waals surface area contributed by atoms with E-state index in [4.69, 9.17) is 4.43 Å². The van der Waals surface area contributed by atoms with Crippen LogP contribution in [0.25, 0.3) is 0 Å². The minimum Gasteiger partial charge on any atom is -0.413 e. The van der Waals surface area contributed by atoms with Gasteiger partial charge in [-0.15, -0.1) is 0 Å². The quantitative estimate of drug-likeness (QED) is 0.590. The second-order valence-corrected chi connectivity index (χ2v) is 11.4. The number of rotatable bonds is 5. The predicted octanol–water partition coefficient (Wildman–Crippen LogP) is 4.38. The van der Waals surface area contributed by atoms with Crippen LogP contribution >= 0.6 is 0 Å². The lowest BCUT2D eigenvalue weighted by Crippen LogP contribution is -2.44. The maximum atomic E-state index is 11.4. The molecule has 0 heterocycles. The highest BCUT2D eigenvalue weighted by molar-refractivity contribution is 6.74. The van der Waals surface area contributed by atoms with Crippen molar-refractivity contribution in [3.8, 4) is 0 Å². The smallest absolute Gasteiger partial charge is 0.192 e. The van der Waals surface area contributed by atoms with Crippen molar-refractivity contribution in [2.45, 2.75) is 57.8 Å². The van der Waals surface area contributed by atoms with Gasteiger partial charge in [-0.1, -0.05) is 51.1 Å². The fraction of sp³-hybridized carbons (Fsp3) is 0.562. The fourth-order valence-corrected chi connectivity index (χ4v) is 3.28. The van der Waals surface area contributed by atoms with Gasteiger partial charge in [0.05, 0.1) is 12.0 Å². The number of hydrogen-bond donors (Lipinski definition) is 0. The highest BCUT2D eigenvalue weighted by Gasteiger charge is 2.39. The molecule has 3 heteroatoms. The van der Waals surface area contributed by atoms with E-state index in [0.717, 1.165) is 11.8 Å². The van der Waals surface area contributed by atoms with Crippen molar-refractivity contribution in [2.75, 3.05) is 0 Å². The van der Waals surface area contributed by atoms with Crippen LogP contribution in [0.2, 0.25) is 18.1 Å². The second kappa shape index (κ2) is 6.01. The summed E-state index contributed by atoms with van der Waals surface area (Å²) in [6.07, 6.45) is 0.924. The lowest BCUT2D eigenvalue weighted by Gasteiger charge is -2.39. The van der Waals surface area contributed by atoms with Gasteiger partial charge in [0.25, 0.3) is 0 Å². The van der Waals surface area contributed by atoms with Crippen molar-refractivity contribution < 1.29 is 9.22 Å². The monoisotopic (exact) mass is 278 g/mol. The second-order valence-electron chi connectivity index (χ2n) is 6.66. The van der Waals surface area contributed by atoms with E-state index in [-0.39, 0.29) is 17.1 Å². The van der Waals surface area contributed by atoms with Crippen LogP contribution in [0.4, 0.5) is 0 Å². The van der Waals surface area contributed by atoms with E-state index in [1.807, 2.05) is 37.3 Å². The van der Waals surface area contributed by atoms with Gasteiger partial charge < -0.3 is 9.22 Å². The van der Waals surface area contributed by atoms with Crippen LogP contribution in [-0.4, -0.2) is 20.7 Å². The van der Waals surface area contributed by atoms with Crippen LogP contribution in [0, 0.1) is 0 Å². The normalized spacial score (nSPS) is 15.9. The maximum Gasteiger partial charge on any atom is 0.192 e. The van der Waals surface area contributed by atoms with E-state index in [0.29, 0.717) is 0 Å². The third kappa shape index (κ3) is 4.01. The molecule has 1 aromatic rings. The Morgan fingerprint density at radius 1 is 1.16 bits per heavy atom. The Hall–Kier alpha value is -0.933. The minimum absolute atomic E-state index is 0.0826. The van der Waals surface area contributed by atoms with E-state index in [1.54, 1.807) is 0 Å². The van der Waals surface area contributed by atoms with E-state index < -0.39 is 8.32 Å². The standard InChI is InChI=1S/C16H26O2Si/c1-13(18-19(5,6)16(2,3)4)15(12-17)14-10-8-7-9-11-14/h7-13,15H,1-6H3/t13-,15+/m0/s1. The SMILES string of the molecule is C[C@H](O[Si](C)(C)C(C)(C)C)[C@@H](C=O)c1ccccc1. The van der Waals surface area contributed by atoms with Crippen molar-refractivity contribution in [1.82, 2.24) is 0 Å². The molecule has 2 atom stereocenters. The molecule has 0 bridgehead atoms. The molecule has 0 aliphatic heterocycles. The topological polar surface area (TPSA) is 26.3 Å². The summed E-state index contributed by atoms with van der Waals surface area (Å²) in [5.41, 5.74) is 1.03. The first-order valence-corrected chi connectivity index (χ1v) is 9.78. The summed E-state index contributed by atoms with van der Waals surface area (Å²) >= 11 is 0. The lowest BCUT2D eigenvalue weighted by molar-refractivity contribution is -0.110. The number of hydrogen-bond acceptors (Lipinski definition) is 2. The van der Waals surface area contributed by atoms with Gasteiger partial charge in [-0.05, 0) is 30.6 Å². The molecule has 2 nitrogen and oxygen atoms in total. The van der Waals surface area contributed by atoms with Gasteiger partial charge in [-0.2, -0.15) is 0 Å². The highest BCUT2D eigenvalue weighted by Crippen LogP contribution is 2.38. The van der Waals surface area contributed by atoms with Gasteiger partial charge >= 0.3 is 0 Å². The van der Waals surface area contributed by atoms with Crippen molar-refractivity contribution in [3.63, 3.8) is 0 Å². The van der Waals surface area contributed by atoms with Crippen LogP contribution in [0.1, 0.15) is 39.2 Å². The average Bonchev–Trinajstić information content (AvgIpc) is 2.29. The van der Waals surface area contributed by atoms with Crippen molar-refractivity contribution in [1.29, 1.82) is 0 Å². The Morgan fingerprint density at radius 3 is 2.11 bits per heavy atom. The summed E-state index contributed by atoms with van der Waals surface area (Å²) in [7, 11) is -1.84. The minimum atomic E-state index is -1.84. The van der Waals surface area contributed by atoms with Gasteiger partial charge in [-0.3, -0.25) is 0 Å². The summed E-state index contributed by atoms with van der Waals surface area (Å²) in [5, 5.41) is 0.158. The molecular formula is C16H26O2Si. The Labute approximate surface area is 118 Å². The Bertz CT molecular complexity index is 407. The third-order valence-electron chi connectivity index (χ3n) is 4.12. The number of carbonyl (C=O) groups is 1. The molecule has 0 aliphatic carbocycles. The van der Waals surface area contributed by atoms with E-state index in [1.165, 1.54) is 0 Å². The zero-order valence-electron chi connectivity index (χ0n) is 12.9. The molecule has 0 unspecified atom stereocenters. The Kier molecular flexibility index (Phi) is 5.10. The summed E-state index contributed by atoms with van der Waals surface area (Å²) in [5.74, 6) is -0.185. The largest absolute Gasteiger partial charge is 0.413 e. The molecule has 1 aromatic carbocycles. The maximum absolute atomic E-state index is 11.4. The van der Waals surface area contributed by atoms with Crippen LogP contribution in [0.3, 0.4) is 0 Å². The van der Waals surface area contributed by atoms with E-state index >= 15 is 0 Å². The molecule has 19 heavy (non-hydrogen) atoms. The molecule has 0 fully saturated rings. The molecule has 0 saturated carbocycles. The van der Waals surface area contributed by atoms with Crippen LogP contribution in [0.5, 0.6) is 0 Å². The zero-order valence-corrected chi connectivity index (χ0v) is 13.9. The first-order chi connectivity index (χ1) is 8.69. The van der Waals surface area contributed by atoms with Gasteiger partial charge in [0.15, 0.2) is 8.32 Å². The van der Waals surface area contributed by atoms with Gasteiger partial charge in [0.1, 0.15) is 6.29 Å². The lowest BCUT2D eigenvalue weighted by atomic mass is 9.96. The predicted molar refractivity (Wildman–Crippen MR) is 83.0 cm³/mol. The number of aldehydes is 1. The molecule has 0 N–H and O–H groups in total. The van der Waals surface area contributed by atoms with E-state index in [2.05, 4.69) is 33.9 Å². The first-order valence-electron chi connectivity index (χ1n) is 6.87. The van der Waals surface area contributed by atoms with Crippen molar-refractivity contribution in [3.05, 3.63) is 35.9 Å². The molecule has 106 valence electrons. The van der Waals surface area contributed by atoms with Crippen LogP contribution in [-0.2, 0) is 9.22 Å². The van der Waals surface area contributed by atoms with Gasteiger partial charge in [-0.25, -0.2) is 0 Å². The van der Waals surface area contributed by atoms with E-state index in [9.17, 15) is 4.79 Å². The third-order valence-corrected chi connectivity index (χ3v) is 8.70. The Balaban J connectivity index is 2.87. The zero-order chi connectivity index (χ0) is 14.7. The molecule has 0 aliphatic rings. The highest BCUT2D eigenvalue weighted by atomic mass is 28.4. The number of benzene rings is 1. The summed E-state index contributed by atoms with van der Waals surface area (Å²) < 4.78 is 6.32. The summed E-state index contributed by atoms with van der Waals surface area (Å²) in [4.78, 5) is 11.4. The first kappa shape index (κ1) is 16.1. The van der Waals surface area contributed by atoms with Gasteiger partial charge in [0.2, 0.25) is 0 Å². The average molecular weight is 278 g/mol. The summed E-state index contributed by atoms with van der Waals surface area (Å²) in [6.45, 7) is 13.1. The Morgan fingerprint density at radius 2 is 1.68 bits per heavy atom. The van der Waals surface area contributed by atoms with Crippen molar-refractivity contribution >= 4 is 14.6 Å². The molecule has 0 radical (unpaired) electrons. The van der Waals surface area contributed by atoms with Gasteiger partial charge in [0, 0.05) is 0 Å². The van der Waals surface area contributed by atoms with Crippen molar-refractivity contribution in [2.24, 2.45) is 0 Å².